The third-order valence-corrected chi connectivity index (χ3v) is 5.56. The molecule has 3 aromatic heterocycles. The van der Waals surface area contributed by atoms with Gasteiger partial charge < -0.3 is 4.42 Å². The first kappa shape index (κ1) is 19.3. The second-order valence-electron chi connectivity index (χ2n) is 7.71. The van der Waals surface area contributed by atoms with Gasteiger partial charge >= 0.3 is 0 Å². The molecule has 5 rings (SSSR count). The van der Waals surface area contributed by atoms with Crippen LogP contribution in [0.5, 0.6) is 0 Å². The first-order valence-electron chi connectivity index (χ1n) is 9.78. The Kier molecular flexibility index (Phi) is 4.32. The lowest BCUT2D eigenvalue weighted by Gasteiger charge is -2.08. The third kappa shape index (κ3) is 3.06. The molecule has 0 unspecified atom stereocenters. The Labute approximate surface area is 176 Å². The summed E-state index contributed by atoms with van der Waals surface area (Å²) in [5.41, 5.74) is 5.81. The molecule has 3 nitrogen and oxygen atoms in total. The number of halogens is 3. The quantitative estimate of drug-likeness (QED) is 0.253. The number of furan rings is 1. The van der Waals surface area contributed by atoms with Gasteiger partial charge in [-0.25, -0.2) is 22.7 Å². The van der Waals surface area contributed by atoms with E-state index in [0.717, 1.165) is 51.0 Å². The number of pyridine rings is 2. The second-order valence-corrected chi connectivity index (χ2v) is 7.71. The number of aromatic nitrogens is 2. The van der Waals surface area contributed by atoms with Crippen molar-refractivity contribution in [3.05, 3.63) is 83.4 Å². The summed E-state index contributed by atoms with van der Waals surface area (Å²) in [6.45, 7) is 3.91. The summed E-state index contributed by atoms with van der Waals surface area (Å²) in [4.78, 5) is 4.50. The number of rotatable bonds is 2. The lowest BCUT2D eigenvalue weighted by atomic mass is 9.99. The minimum absolute atomic E-state index is 0.261. The largest absolute Gasteiger partial charge is 0.437 e. The number of fused-ring (bicyclic) bond motifs is 3. The van der Waals surface area contributed by atoms with Gasteiger partial charge in [-0.05, 0) is 55.3 Å². The van der Waals surface area contributed by atoms with Crippen LogP contribution in [0.1, 0.15) is 11.3 Å². The van der Waals surface area contributed by atoms with Gasteiger partial charge in [-0.2, -0.15) is 0 Å². The molecule has 0 spiro atoms. The molecule has 2 aromatic carbocycles. The van der Waals surface area contributed by atoms with E-state index in [9.17, 15) is 13.2 Å². The van der Waals surface area contributed by atoms with Gasteiger partial charge in [0.1, 0.15) is 7.05 Å². The smallest absolute Gasteiger partial charge is 0.227 e. The molecule has 0 saturated carbocycles. The number of aryl methyl sites for hydroxylation is 3. The van der Waals surface area contributed by atoms with Crippen molar-refractivity contribution in [2.45, 2.75) is 13.8 Å². The Morgan fingerprint density at radius 1 is 0.839 bits per heavy atom. The maximum Gasteiger partial charge on any atom is 0.227 e. The van der Waals surface area contributed by atoms with Crippen molar-refractivity contribution < 1.29 is 22.2 Å². The fraction of sp³-hybridized carbons (Fsp3) is 0.120. The van der Waals surface area contributed by atoms with Crippen molar-refractivity contribution >= 4 is 22.1 Å². The maximum atomic E-state index is 13.7. The van der Waals surface area contributed by atoms with Crippen molar-refractivity contribution in [2.75, 3.05) is 0 Å². The van der Waals surface area contributed by atoms with Crippen molar-refractivity contribution in [3.63, 3.8) is 0 Å². The number of hydrogen-bond acceptors (Lipinski definition) is 2. The number of nitrogens with zero attached hydrogens (tertiary/aromatic N) is 2. The van der Waals surface area contributed by atoms with E-state index in [1.165, 1.54) is 0 Å². The zero-order valence-electron chi connectivity index (χ0n) is 17.1. The SMILES string of the molecule is Cc1ccc2c(n1)oc1c(-c3ccc(-c4cc(F)c(F)c(F)c4)c[n+]3C)c(C)ccc12. The molecule has 0 aliphatic carbocycles. The number of hydrogen-bond donors (Lipinski definition) is 0. The molecule has 0 saturated heterocycles. The fourth-order valence-corrected chi connectivity index (χ4v) is 3.99. The molecule has 0 aliphatic heterocycles. The summed E-state index contributed by atoms with van der Waals surface area (Å²) in [5, 5.41) is 1.91. The van der Waals surface area contributed by atoms with Crippen LogP contribution in [0.4, 0.5) is 13.2 Å². The van der Waals surface area contributed by atoms with Crippen LogP contribution < -0.4 is 4.57 Å². The Hall–Kier alpha value is -3.67. The van der Waals surface area contributed by atoms with Crippen LogP contribution in [-0.4, -0.2) is 4.98 Å². The predicted octanol–water partition coefficient (Wildman–Crippen LogP) is 6.17. The van der Waals surface area contributed by atoms with E-state index >= 15 is 0 Å². The van der Waals surface area contributed by atoms with Gasteiger partial charge in [0.25, 0.3) is 0 Å². The minimum Gasteiger partial charge on any atom is -0.437 e. The van der Waals surface area contributed by atoms with E-state index in [0.29, 0.717) is 11.3 Å². The summed E-state index contributed by atoms with van der Waals surface area (Å²) >= 11 is 0. The Morgan fingerprint density at radius 3 is 2.26 bits per heavy atom. The van der Waals surface area contributed by atoms with Gasteiger partial charge in [0.2, 0.25) is 11.4 Å². The first-order chi connectivity index (χ1) is 14.8. The minimum atomic E-state index is -1.47. The topological polar surface area (TPSA) is 29.9 Å². The van der Waals surface area contributed by atoms with Gasteiger partial charge in [0, 0.05) is 28.1 Å². The van der Waals surface area contributed by atoms with E-state index in [1.807, 2.05) is 55.8 Å². The van der Waals surface area contributed by atoms with E-state index in [1.54, 1.807) is 12.3 Å². The Balaban J connectivity index is 1.70. The highest BCUT2D eigenvalue weighted by molar-refractivity contribution is 6.08. The predicted molar refractivity (Wildman–Crippen MR) is 113 cm³/mol. The van der Waals surface area contributed by atoms with Crippen LogP contribution >= 0.6 is 0 Å². The third-order valence-electron chi connectivity index (χ3n) is 5.56. The van der Waals surface area contributed by atoms with Gasteiger partial charge in [0.05, 0.1) is 5.56 Å². The average molecular weight is 419 g/mol. The standard InChI is InChI=1S/C25H18F3N2O/c1-13-4-7-17-18-8-5-14(2)29-25(18)31-24(17)22(13)21-9-6-15(12-30(21)3)16-10-19(26)23(28)20(27)11-16/h4-12H,1-3H3/q+1. The van der Waals surface area contributed by atoms with Crippen molar-refractivity contribution in [3.8, 4) is 22.4 Å². The monoisotopic (exact) mass is 419 g/mol. The lowest BCUT2D eigenvalue weighted by molar-refractivity contribution is -0.659. The number of benzene rings is 2. The molecule has 154 valence electrons. The summed E-state index contributed by atoms with van der Waals surface area (Å²) in [5.74, 6) is -3.90. The van der Waals surface area contributed by atoms with Crippen molar-refractivity contribution in [2.24, 2.45) is 7.05 Å². The van der Waals surface area contributed by atoms with Crippen LogP contribution in [0.15, 0.2) is 59.1 Å². The first-order valence-corrected chi connectivity index (χ1v) is 9.78. The highest BCUT2D eigenvalue weighted by Crippen LogP contribution is 2.36. The summed E-state index contributed by atoms with van der Waals surface area (Å²) in [6.07, 6.45) is 1.75. The average Bonchev–Trinajstić information content (AvgIpc) is 3.09. The molecular weight excluding hydrogens is 401 g/mol. The molecule has 6 heteroatoms. The van der Waals surface area contributed by atoms with Gasteiger partial charge in [-0.3, -0.25) is 0 Å². The van der Waals surface area contributed by atoms with E-state index in [-0.39, 0.29) is 5.56 Å². The molecule has 31 heavy (non-hydrogen) atoms. The summed E-state index contributed by atoms with van der Waals surface area (Å²) in [6, 6.07) is 13.6. The van der Waals surface area contributed by atoms with E-state index in [2.05, 4.69) is 4.98 Å². The highest BCUT2D eigenvalue weighted by Gasteiger charge is 2.22. The molecule has 0 radical (unpaired) electrons. The van der Waals surface area contributed by atoms with Crippen molar-refractivity contribution in [1.82, 2.24) is 4.98 Å². The molecule has 0 aliphatic rings. The molecule has 5 aromatic rings. The Bertz CT molecular complexity index is 1480. The second kappa shape index (κ2) is 6.94. The van der Waals surface area contributed by atoms with Crippen LogP contribution in [0.2, 0.25) is 0 Å². The van der Waals surface area contributed by atoms with Crippen LogP contribution in [0.25, 0.3) is 44.5 Å². The van der Waals surface area contributed by atoms with Crippen LogP contribution in [0.3, 0.4) is 0 Å². The van der Waals surface area contributed by atoms with Crippen molar-refractivity contribution in [1.29, 1.82) is 0 Å². The maximum absolute atomic E-state index is 13.7. The molecule has 0 atom stereocenters. The molecule has 0 amide bonds. The fourth-order valence-electron chi connectivity index (χ4n) is 3.99. The highest BCUT2D eigenvalue weighted by atomic mass is 19.2. The zero-order chi connectivity index (χ0) is 21.9. The van der Waals surface area contributed by atoms with Gasteiger partial charge in [-0.15, -0.1) is 0 Å². The molecule has 3 heterocycles. The van der Waals surface area contributed by atoms with E-state index < -0.39 is 17.5 Å². The Morgan fingerprint density at radius 2 is 1.55 bits per heavy atom. The molecular formula is C25H18F3N2O+. The lowest BCUT2D eigenvalue weighted by Crippen LogP contribution is -2.31. The van der Waals surface area contributed by atoms with Gasteiger partial charge in [0.15, 0.2) is 29.2 Å². The van der Waals surface area contributed by atoms with Crippen LogP contribution in [0, 0.1) is 31.3 Å². The molecule has 0 bridgehead atoms. The van der Waals surface area contributed by atoms with Gasteiger partial charge in [-0.1, -0.05) is 12.1 Å². The molecule has 0 fully saturated rings. The molecule has 0 N–H and O–H groups in total. The summed E-state index contributed by atoms with van der Waals surface area (Å²) in [7, 11) is 1.85. The summed E-state index contributed by atoms with van der Waals surface area (Å²) < 4.78 is 48.7. The van der Waals surface area contributed by atoms with E-state index in [4.69, 9.17) is 4.42 Å². The zero-order valence-corrected chi connectivity index (χ0v) is 17.1. The normalized spacial score (nSPS) is 11.5. The van der Waals surface area contributed by atoms with Crippen LogP contribution in [-0.2, 0) is 7.05 Å².